The van der Waals surface area contributed by atoms with Gasteiger partial charge < -0.3 is 9.84 Å². The van der Waals surface area contributed by atoms with Crippen LogP contribution in [0.5, 0.6) is 5.75 Å². The minimum Gasteiger partial charge on any atom is -0.490 e. The van der Waals surface area contributed by atoms with E-state index >= 15 is 0 Å². The highest BCUT2D eigenvalue weighted by Crippen LogP contribution is 2.38. The van der Waals surface area contributed by atoms with Gasteiger partial charge in [0.1, 0.15) is 11.9 Å². The van der Waals surface area contributed by atoms with Gasteiger partial charge in [0, 0.05) is 12.0 Å². The molecule has 1 aliphatic carbocycles. The van der Waals surface area contributed by atoms with Crippen molar-refractivity contribution < 1.29 is 9.84 Å². The van der Waals surface area contributed by atoms with Crippen LogP contribution < -0.4 is 4.74 Å². The fraction of sp³-hybridized carbons (Fsp3) is 0.625. The molecule has 0 amide bonds. The highest BCUT2D eigenvalue weighted by molar-refractivity contribution is 5.36. The standard InChI is InChI=1S/C16H22O2/c17-15-11-13(10-12-6-2-1-3-7-12)18-16-9-5-4-8-14(15)16/h4-5,8-9,12-13,15,17H,1-3,6-7,10-11H2. The lowest BCUT2D eigenvalue weighted by molar-refractivity contribution is 0.0494. The number of fused-ring (bicyclic) bond motifs is 1. The predicted octanol–water partition coefficient (Wildman–Crippen LogP) is 3.84. The van der Waals surface area contributed by atoms with E-state index in [0.717, 1.165) is 30.1 Å². The molecule has 0 saturated heterocycles. The average Bonchev–Trinajstić information content (AvgIpc) is 2.40. The molecule has 1 aromatic carbocycles. The monoisotopic (exact) mass is 246 g/mol. The van der Waals surface area contributed by atoms with E-state index in [4.69, 9.17) is 4.74 Å². The van der Waals surface area contributed by atoms with E-state index in [9.17, 15) is 5.11 Å². The lowest BCUT2D eigenvalue weighted by Crippen LogP contribution is -2.28. The molecule has 1 aromatic rings. The van der Waals surface area contributed by atoms with Crippen molar-refractivity contribution in [3.8, 4) is 5.75 Å². The second-order valence-corrected chi connectivity index (χ2v) is 5.77. The van der Waals surface area contributed by atoms with Gasteiger partial charge in [0.05, 0.1) is 6.10 Å². The maximum absolute atomic E-state index is 10.2. The Hall–Kier alpha value is -1.02. The molecule has 2 heteroatoms. The highest BCUT2D eigenvalue weighted by atomic mass is 16.5. The maximum atomic E-state index is 10.2. The van der Waals surface area contributed by atoms with Crippen LogP contribution in [0.25, 0.3) is 0 Å². The Morgan fingerprint density at radius 2 is 1.89 bits per heavy atom. The minimum atomic E-state index is -0.344. The number of para-hydroxylation sites is 1. The molecule has 0 radical (unpaired) electrons. The third kappa shape index (κ3) is 2.54. The lowest BCUT2D eigenvalue weighted by atomic mass is 9.83. The van der Waals surface area contributed by atoms with Gasteiger partial charge in [0.15, 0.2) is 0 Å². The van der Waals surface area contributed by atoms with E-state index < -0.39 is 0 Å². The molecule has 98 valence electrons. The molecule has 2 unspecified atom stereocenters. The summed E-state index contributed by atoms with van der Waals surface area (Å²) in [6.07, 6.45) is 8.57. The van der Waals surface area contributed by atoms with Crippen LogP contribution in [0.15, 0.2) is 24.3 Å². The first kappa shape index (κ1) is 12.0. The number of aliphatic hydroxyl groups excluding tert-OH is 1. The van der Waals surface area contributed by atoms with Crippen molar-refractivity contribution in [2.24, 2.45) is 5.92 Å². The normalized spacial score (nSPS) is 28.5. The van der Waals surface area contributed by atoms with Crippen molar-refractivity contribution >= 4 is 0 Å². The van der Waals surface area contributed by atoms with Crippen molar-refractivity contribution in [1.82, 2.24) is 0 Å². The summed E-state index contributed by atoms with van der Waals surface area (Å²) in [5.41, 5.74) is 0.956. The zero-order chi connectivity index (χ0) is 12.4. The number of aliphatic hydroxyl groups is 1. The topological polar surface area (TPSA) is 29.5 Å². The van der Waals surface area contributed by atoms with E-state index in [2.05, 4.69) is 0 Å². The summed E-state index contributed by atoms with van der Waals surface area (Å²) in [5.74, 6) is 1.69. The summed E-state index contributed by atoms with van der Waals surface area (Å²) >= 11 is 0. The van der Waals surface area contributed by atoms with Gasteiger partial charge >= 0.3 is 0 Å². The van der Waals surface area contributed by atoms with Gasteiger partial charge in [-0.3, -0.25) is 0 Å². The summed E-state index contributed by atoms with van der Waals surface area (Å²) in [5, 5.41) is 10.2. The van der Waals surface area contributed by atoms with Crippen LogP contribution in [0.3, 0.4) is 0 Å². The molecule has 1 aliphatic heterocycles. The van der Waals surface area contributed by atoms with Crippen molar-refractivity contribution in [3.05, 3.63) is 29.8 Å². The van der Waals surface area contributed by atoms with E-state index in [-0.39, 0.29) is 12.2 Å². The fourth-order valence-corrected chi connectivity index (χ4v) is 3.41. The maximum Gasteiger partial charge on any atom is 0.125 e. The first-order valence-corrected chi connectivity index (χ1v) is 7.26. The van der Waals surface area contributed by atoms with Crippen LogP contribution in [0, 0.1) is 5.92 Å². The minimum absolute atomic E-state index is 0.206. The average molecular weight is 246 g/mol. The van der Waals surface area contributed by atoms with Gasteiger partial charge in [-0.1, -0.05) is 50.3 Å². The van der Waals surface area contributed by atoms with Gasteiger partial charge in [0.25, 0.3) is 0 Å². The molecule has 3 rings (SSSR count). The summed E-state index contributed by atoms with van der Waals surface area (Å²) in [6.45, 7) is 0. The first-order chi connectivity index (χ1) is 8.83. The quantitative estimate of drug-likeness (QED) is 0.859. The van der Waals surface area contributed by atoms with Crippen LogP contribution in [0.2, 0.25) is 0 Å². The van der Waals surface area contributed by atoms with Gasteiger partial charge in [-0.15, -0.1) is 0 Å². The molecule has 2 atom stereocenters. The molecule has 1 N–H and O–H groups in total. The molecule has 2 nitrogen and oxygen atoms in total. The second kappa shape index (κ2) is 5.31. The van der Waals surface area contributed by atoms with E-state index in [1.807, 2.05) is 24.3 Å². The van der Waals surface area contributed by atoms with E-state index in [0.29, 0.717) is 0 Å². The highest BCUT2D eigenvalue weighted by Gasteiger charge is 2.28. The zero-order valence-corrected chi connectivity index (χ0v) is 10.8. The Morgan fingerprint density at radius 3 is 2.72 bits per heavy atom. The van der Waals surface area contributed by atoms with Crippen LogP contribution in [0.4, 0.5) is 0 Å². The van der Waals surface area contributed by atoms with Gasteiger partial charge in [0.2, 0.25) is 0 Å². The largest absolute Gasteiger partial charge is 0.490 e. The Morgan fingerprint density at radius 1 is 1.11 bits per heavy atom. The van der Waals surface area contributed by atoms with Crippen LogP contribution in [-0.4, -0.2) is 11.2 Å². The SMILES string of the molecule is OC1CC(CC2CCCCC2)Oc2ccccc21. The molecule has 2 aliphatic rings. The summed E-state index contributed by atoms with van der Waals surface area (Å²) < 4.78 is 6.05. The summed E-state index contributed by atoms with van der Waals surface area (Å²) in [4.78, 5) is 0. The molecular weight excluding hydrogens is 224 g/mol. The fourth-order valence-electron chi connectivity index (χ4n) is 3.41. The van der Waals surface area contributed by atoms with Crippen LogP contribution >= 0.6 is 0 Å². The number of ether oxygens (including phenoxy) is 1. The Balaban J connectivity index is 1.66. The van der Waals surface area contributed by atoms with Gasteiger partial charge in [-0.2, -0.15) is 0 Å². The molecule has 0 spiro atoms. The Kier molecular flexibility index (Phi) is 3.55. The van der Waals surface area contributed by atoms with Gasteiger partial charge in [-0.05, 0) is 18.4 Å². The molecule has 0 aromatic heterocycles. The third-order valence-electron chi connectivity index (χ3n) is 4.38. The van der Waals surface area contributed by atoms with Crippen molar-refractivity contribution in [3.63, 3.8) is 0 Å². The predicted molar refractivity (Wildman–Crippen MR) is 71.6 cm³/mol. The number of rotatable bonds is 2. The van der Waals surface area contributed by atoms with E-state index in [1.54, 1.807) is 0 Å². The molecule has 18 heavy (non-hydrogen) atoms. The van der Waals surface area contributed by atoms with E-state index in [1.165, 1.54) is 32.1 Å². The molecular formula is C16H22O2. The molecule has 1 fully saturated rings. The second-order valence-electron chi connectivity index (χ2n) is 5.77. The number of benzene rings is 1. The summed E-state index contributed by atoms with van der Waals surface area (Å²) in [7, 11) is 0. The molecule has 1 heterocycles. The van der Waals surface area contributed by atoms with Crippen molar-refractivity contribution in [2.75, 3.05) is 0 Å². The molecule has 1 saturated carbocycles. The molecule has 0 bridgehead atoms. The zero-order valence-electron chi connectivity index (χ0n) is 10.8. The first-order valence-electron chi connectivity index (χ1n) is 7.26. The lowest BCUT2D eigenvalue weighted by Gasteiger charge is -2.33. The summed E-state index contributed by atoms with van der Waals surface area (Å²) in [6, 6.07) is 7.89. The van der Waals surface area contributed by atoms with Crippen molar-refractivity contribution in [1.29, 1.82) is 0 Å². The Labute approximate surface area is 109 Å². The van der Waals surface area contributed by atoms with Crippen LogP contribution in [0.1, 0.15) is 56.6 Å². The smallest absolute Gasteiger partial charge is 0.125 e. The number of hydrogen-bond acceptors (Lipinski definition) is 2. The van der Waals surface area contributed by atoms with Crippen molar-refractivity contribution in [2.45, 2.75) is 57.2 Å². The van der Waals surface area contributed by atoms with Gasteiger partial charge in [-0.25, -0.2) is 0 Å². The van der Waals surface area contributed by atoms with Crippen LogP contribution in [-0.2, 0) is 0 Å². The number of hydrogen-bond donors (Lipinski definition) is 1. The Bertz CT molecular complexity index is 396. The third-order valence-corrected chi connectivity index (χ3v) is 4.38.